The lowest BCUT2D eigenvalue weighted by Crippen LogP contribution is -2.30. The van der Waals surface area contributed by atoms with Crippen LogP contribution >= 0.6 is 23.2 Å². The van der Waals surface area contributed by atoms with Crippen LogP contribution in [-0.4, -0.2) is 13.2 Å². The SMILES string of the molecule is CCOc1ccc2c(c1)CCNC2c1cccc(Cl)c1Cl. The molecule has 1 atom stereocenters. The van der Waals surface area contributed by atoms with Crippen LogP contribution in [0.5, 0.6) is 5.75 Å². The Hall–Kier alpha value is -1.22. The molecule has 1 heterocycles. The molecular formula is C17H17Cl2NO. The number of rotatable bonds is 3. The molecule has 0 saturated heterocycles. The molecule has 0 saturated carbocycles. The van der Waals surface area contributed by atoms with E-state index >= 15 is 0 Å². The van der Waals surface area contributed by atoms with Gasteiger partial charge in [-0.25, -0.2) is 0 Å². The summed E-state index contributed by atoms with van der Waals surface area (Å²) in [7, 11) is 0. The van der Waals surface area contributed by atoms with Crippen LogP contribution < -0.4 is 10.1 Å². The van der Waals surface area contributed by atoms with E-state index in [4.69, 9.17) is 27.9 Å². The fraction of sp³-hybridized carbons (Fsp3) is 0.294. The first-order chi connectivity index (χ1) is 10.2. The molecule has 0 spiro atoms. The minimum atomic E-state index is 0.0793. The number of fused-ring (bicyclic) bond motifs is 1. The quantitative estimate of drug-likeness (QED) is 0.890. The second-order valence-electron chi connectivity index (χ2n) is 5.07. The van der Waals surface area contributed by atoms with Crippen LogP contribution in [0.1, 0.15) is 29.7 Å². The third kappa shape index (κ3) is 2.89. The van der Waals surface area contributed by atoms with E-state index in [2.05, 4.69) is 17.4 Å². The van der Waals surface area contributed by atoms with Gasteiger partial charge in [-0.15, -0.1) is 0 Å². The zero-order valence-corrected chi connectivity index (χ0v) is 13.3. The van der Waals surface area contributed by atoms with Crippen molar-refractivity contribution in [2.45, 2.75) is 19.4 Å². The highest BCUT2D eigenvalue weighted by molar-refractivity contribution is 6.42. The first-order valence-corrected chi connectivity index (χ1v) is 7.89. The predicted molar refractivity (Wildman–Crippen MR) is 87.6 cm³/mol. The highest BCUT2D eigenvalue weighted by Gasteiger charge is 2.24. The maximum Gasteiger partial charge on any atom is 0.119 e. The standard InChI is InChI=1S/C17H17Cl2NO/c1-2-21-12-6-7-13-11(10-12)8-9-20-17(13)14-4-3-5-15(18)16(14)19/h3-7,10,17,20H,2,8-9H2,1H3. The monoisotopic (exact) mass is 321 g/mol. The molecule has 2 nitrogen and oxygen atoms in total. The predicted octanol–water partition coefficient (Wildman–Crippen LogP) is 4.63. The van der Waals surface area contributed by atoms with Crippen LogP contribution in [0.4, 0.5) is 0 Å². The summed E-state index contributed by atoms with van der Waals surface area (Å²) in [5.74, 6) is 0.925. The van der Waals surface area contributed by atoms with E-state index in [9.17, 15) is 0 Å². The fourth-order valence-corrected chi connectivity index (χ4v) is 3.24. The van der Waals surface area contributed by atoms with Gasteiger partial charge in [0.05, 0.1) is 22.7 Å². The van der Waals surface area contributed by atoms with Crippen molar-refractivity contribution in [3.05, 3.63) is 63.1 Å². The van der Waals surface area contributed by atoms with Crippen LogP contribution in [0.15, 0.2) is 36.4 Å². The third-order valence-corrected chi connectivity index (χ3v) is 4.61. The Morgan fingerprint density at radius 3 is 2.86 bits per heavy atom. The maximum absolute atomic E-state index is 6.38. The fourth-order valence-electron chi connectivity index (χ4n) is 2.82. The van der Waals surface area contributed by atoms with E-state index in [0.717, 1.165) is 24.3 Å². The van der Waals surface area contributed by atoms with E-state index in [1.807, 2.05) is 31.2 Å². The van der Waals surface area contributed by atoms with Gasteiger partial charge in [0.25, 0.3) is 0 Å². The van der Waals surface area contributed by atoms with Gasteiger partial charge < -0.3 is 10.1 Å². The van der Waals surface area contributed by atoms with Gasteiger partial charge in [-0.05, 0) is 48.2 Å². The third-order valence-electron chi connectivity index (χ3n) is 3.77. The van der Waals surface area contributed by atoms with Gasteiger partial charge in [-0.2, -0.15) is 0 Å². The number of nitrogens with one attached hydrogen (secondary N) is 1. The number of hydrogen-bond acceptors (Lipinski definition) is 2. The van der Waals surface area contributed by atoms with E-state index in [0.29, 0.717) is 16.7 Å². The molecule has 0 amide bonds. The molecule has 2 aromatic rings. The molecule has 0 radical (unpaired) electrons. The van der Waals surface area contributed by atoms with E-state index in [1.165, 1.54) is 11.1 Å². The molecule has 1 N–H and O–H groups in total. The molecule has 1 aliphatic rings. The number of hydrogen-bond donors (Lipinski definition) is 1. The van der Waals surface area contributed by atoms with E-state index < -0.39 is 0 Å². The van der Waals surface area contributed by atoms with Crippen LogP contribution in [0.25, 0.3) is 0 Å². The molecule has 0 fully saturated rings. The maximum atomic E-state index is 6.38. The first-order valence-electron chi connectivity index (χ1n) is 7.13. The molecular weight excluding hydrogens is 305 g/mol. The summed E-state index contributed by atoms with van der Waals surface area (Å²) in [6.07, 6.45) is 0.991. The second kappa shape index (κ2) is 6.27. The Labute approximate surface area is 135 Å². The summed E-state index contributed by atoms with van der Waals surface area (Å²) in [6, 6.07) is 12.1. The first kappa shape index (κ1) is 14.7. The summed E-state index contributed by atoms with van der Waals surface area (Å²) in [6.45, 7) is 3.59. The number of halogens is 2. The lowest BCUT2D eigenvalue weighted by Gasteiger charge is -2.28. The minimum Gasteiger partial charge on any atom is -0.494 e. The lowest BCUT2D eigenvalue weighted by atomic mass is 9.89. The van der Waals surface area contributed by atoms with E-state index in [1.54, 1.807) is 0 Å². The topological polar surface area (TPSA) is 21.3 Å². The summed E-state index contributed by atoms with van der Waals surface area (Å²) in [5, 5.41) is 4.74. The second-order valence-corrected chi connectivity index (χ2v) is 5.86. The normalized spacial score (nSPS) is 17.4. The van der Waals surface area contributed by atoms with Crippen molar-refractivity contribution in [2.24, 2.45) is 0 Å². The Morgan fingerprint density at radius 1 is 1.19 bits per heavy atom. The summed E-state index contributed by atoms with van der Waals surface area (Å²) >= 11 is 12.5. The molecule has 3 rings (SSSR count). The minimum absolute atomic E-state index is 0.0793. The van der Waals surface area contributed by atoms with Gasteiger partial charge in [-0.1, -0.05) is 41.4 Å². The molecule has 1 aliphatic heterocycles. The van der Waals surface area contributed by atoms with Crippen molar-refractivity contribution in [3.8, 4) is 5.75 Å². The largest absolute Gasteiger partial charge is 0.494 e. The Kier molecular flexibility index (Phi) is 4.39. The molecule has 110 valence electrons. The smallest absolute Gasteiger partial charge is 0.119 e. The van der Waals surface area contributed by atoms with Gasteiger partial charge >= 0.3 is 0 Å². The van der Waals surface area contributed by atoms with Gasteiger partial charge in [0.15, 0.2) is 0 Å². The molecule has 21 heavy (non-hydrogen) atoms. The van der Waals surface area contributed by atoms with Crippen molar-refractivity contribution in [1.82, 2.24) is 5.32 Å². The molecule has 0 bridgehead atoms. The Bertz CT molecular complexity index is 657. The molecule has 0 aromatic heterocycles. The van der Waals surface area contributed by atoms with Crippen LogP contribution in [0, 0.1) is 0 Å². The highest BCUT2D eigenvalue weighted by Crippen LogP contribution is 2.36. The zero-order chi connectivity index (χ0) is 14.8. The average Bonchev–Trinajstić information content (AvgIpc) is 2.50. The van der Waals surface area contributed by atoms with Gasteiger partial charge in [0.2, 0.25) is 0 Å². The van der Waals surface area contributed by atoms with Gasteiger partial charge in [0.1, 0.15) is 5.75 Å². The van der Waals surface area contributed by atoms with E-state index in [-0.39, 0.29) is 6.04 Å². The van der Waals surface area contributed by atoms with Crippen molar-refractivity contribution in [3.63, 3.8) is 0 Å². The summed E-state index contributed by atoms with van der Waals surface area (Å²) < 4.78 is 5.59. The van der Waals surface area contributed by atoms with Crippen LogP contribution in [0.3, 0.4) is 0 Å². The molecule has 4 heteroatoms. The molecule has 0 aliphatic carbocycles. The average molecular weight is 322 g/mol. The lowest BCUT2D eigenvalue weighted by molar-refractivity contribution is 0.339. The highest BCUT2D eigenvalue weighted by atomic mass is 35.5. The Morgan fingerprint density at radius 2 is 2.05 bits per heavy atom. The van der Waals surface area contributed by atoms with Crippen LogP contribution in [0.2, 0.25) is 10.0 Å². The molecule has 2 aromatic carbocycles. The van der Waals surface area contributed by atoms with Crippen molar-refractivity contribution in [2.75, 3.05) is 13.2 Å². The Balaban J connectivity index is 2.02. The number of ether oxygens (including phenoxy) is 1. The van der Waals surface area contributed by atoms with Crippen LogP contribution in [-0.2, 0) is 6.42 Å². The summed E-state index contributed by atoms with van der Waals surface area (Å²) in [4.78, 5) is 0. The molecule has 1 unspecified atom stereocenters. The van der Waals surface area contributed by atoms with Crippen molar-refractivity contribution >= 4 is 23.2 Å². The number of benzene rings is 2. The van der Waals surface area contributed by atoms with Crippen molar-refractivity contribution < 1.29 is 4.74 Å². The van der Waals surface area contributed by atoms with Crippen molar-refractivity contribution in [1.29, 1.82) is 0 Å². The van der Waals surface area contributed by atoms with Gasteiger partial charge in [-0.3, -0.25) is 0 Å². The zero-order valence-electron chi connectivity index (χ0n) is 11.8. The summed E-state index contributed by atoms with van der Waals surface area (Å²) in [5.41, 5.74) is 3.57. The van der Waals surface area contributed by atoms with Gasteiger partial charge in [0, 0.05) is 6.54 Å².